The molecule has 0 aliphatic heterocycles. The predicted molar refractivity (Wildman–Crippen MR) is 260 cm³/mol. The second-order valence-corrected chi connectivity index (χ2v) is 18.9. The van der Waals surface area contributed by atoms with Crippen LogP contribution in [0.3, 0.4) is 0 Å². The number of aliphatic hydroxyl groups is 2. The molecule has 0 aliphatic carbocycles. The Morgan fingerprint density at radius 2 is 0.683 bits per heavy atom. The van der Waals surface area contributed by atoms with Crippen LogP contribution in [0.5, 0.6) is 0 Å². The molecule has 358 valence electrons. The molecule has 6 nitrogen and oxygen atoms in total. The van der Waals surface area contributed by atoms with Crippen molar-refractivity contribution in [3.8, 4) is 0 Å². The molecule has 0 radical (unpaired) electrons. The molecule has 0 fully saturated rings. The third-order valence-corrected chi connectivity index (χ3v) is 12.9. The highest BCUT2D eigenvalue weighted by atomic mass is 16.5. The Labute approximate surface area is 375 Å². The fraction of sp³-hybridized carbons (Fsp3) is 0.963. The van der Waals surface area contributed by atoms with E-state index in [4.69, 9.17) is 4.74 Å². The highest BCUT2D eigenvalue weighted by Gasteiger charge is 2.20. The first kappa shape index (κ1) is 58.9. The molecule has 60 heavy (non-hydrogen) atoms. The first-order chi connectivity index (χ1) is 29.5. The van der Waals surface area contributed by atoms with Gasteiger partial charge in [0.05, 0.1) is 25.4 Å². The van der Waals surface area contributed by atoms with Crippen LogP contribution >= 0.6 is 0 Å². The molecule has 0 aromatic carbocycles. The number of nitrogens with one attached hydrogen (secondary N) is 1. The van der Waals surface area contributed by atoms with Crippen molar-refractivity contribution >= 4 is 11.9 Å². The molecule has 0 saturated carbocycles. The smallest absolute Gasteiger partial charge is 0.305 e. The van der Waals surface area contributed by atoms with E-state index in [2.05, 4.69) is 19.2 Å². The van der Waals surface area contributed by atoms with Gasteiger partial charge in [0.1, 0.15) is 0 Å². The molecule has 2 atom stereocenters. The summed E-state index contributed by atoms with van der Waals surface area (Å²) in [6, 6.07) is -0.544. The molecule has 1 amide bonds. The molecule has 3 N–H and O–H groups in total. The largest absolute Gasteiger partial charge is 0.466 e. The Balaban J connectivity index is 3.41. The van der Waals surface area contributed by atoms with Gasteiger partial charge in [-0.15, -0.1) is 0 Å². The maximum Gasteiger partial charge on any atom is 0.305 e. The standard InChI is InChI=1S/C54H107NO5/c1-3-5-7-9-11-13-15-17-20-23-26-30-34-38-42-46-52(57)51(50-56)55-53(58)47-43-39-35-31-27-24-21-18-19-22-25-29-33-37-41-45-49-60-54(59)48-44-40-36-32-28-16-14-12-10-8-6-4-2/h51-52,56-57H,3-50H2,1-2H3,(H,55,58). The molecule has 0 aliphatic rings. The lowest BCUT2D eigenvalue weighted by Gasteiger charge is -2.22. The molecule has 0 bridgehead atoms. The molecule has 0 saturated heterocycles. The fourth-order valence-electron chi connectivity index (χ4n) is 8.70. The summed E-state index contributed by atoms with van der Waals surface area (Å²) < 4.78 is 5.46. The Kier molecular flexibility index (Phi) is 49.5. The van der Waals surface area contributed by atoms with Crippen LogP contribution in [0.15, 0.2) is 0 Å². The van der Waals surface area contributed by atoms with Crippen molar-refractivity contribution in [1.82, 2.24) is 5.32 Å². The van der Waals surface area contributed by atoms with Gasteiger partial charge in [-0.25, -0.2) is 0 Å². The van der Waals surface area contributed by atoms with Gasteiger partial charge in [-0.1, -0.05) is 271 Å². The zero-order chi connectivity index (χ0) is 43.7. The van der Waals surface area contributed by atoms with Gasteiger partial charge in [0, 0.05) is 12.8 Å². The number of carbonyl (C=O) groups excluding carboxylic acids is 2. The lowest BCUT2D eigenvalue weighted by Crippen LogP contribution is -2.45. The van der Waals surface area contributed by atoms with Gasteiger partial charge in [0.2, 0.25) is 5.91 Å². The predicted octanol–water partition coefficient (Wildman–Crippen LogP) is 16.4. The maximum atomic E-state index is 12.5. The maximum absolute atomic E-state index is 12.5. The Bertz CT molecular complexity index is 852. The van der Waals surface area contributed by atoms with E-state index in [0.29, 0.717) is 25.9 Å². The highest BCUT2D eigenvalue weighted by molar-refractivity contribution is 5.76. The molecule has 0 spiro atoms. The van der Waals surface area contributed by atoms with Gasteiger partial charge in [-0.05, 0) is 25.7 Å². The van der Waals surface area contributed by atoms with Crippen LogP contribution in [0, 0.1) is 0 Å². The van der Waals surface area contributed by atoms with Crippen LogP contribution in [0.25, 0.3) is 0 Å². The number of hydrogen-bond acceptors (Lipinski definition) is 5. The van der Waals surface area contributed by atoms with E-state index in [0.717, 1.165) is 44.9 Å². The molecule has 0 heterocycles. The Morgan fingerprint density at radius 3 is 1.02 bits per heavy atom. The second kappa shape index (κ2) is 50.5. The van der Waals surface area contributed by atoms with Crippen LogP contribution < -0.4 is 5.32 Å². The summed E-state index contributed by atoms with van der Waals surface area (Å²) in [5, 5.41) is 23.2. The number of carbonyl (C=O) groups is 2. The first-order valence-electron chi connectivity index (χ1n) is 27.3. The van der Waals surface area contributed by atoms with E-state index < -0.39 is 12.1 Å². The number of hydrogen-bond donors (Lipinski definition) is 3. The summed E-state index contributed by atoms with van der Waals surface area (Å²) in [4.78, 5) is 24.5. The van der Waals surface area contributed by atoms with Crippen LogP contribution in [0.4, 0.5) is 0 Å². The molecule has 0 aromatic heterocycles. The first-order valence-corrected chi connectivity index (χ1v) is 27.3. The minimum atomic E-state index is -0.667. The monoisotopic (exact) mass is 850 g/mol. The van der Waals surface area contributed by atoms with Crippen molar-refractivity contribution in [2.75, 3.05) is 13.2 Å². The number of unbranched alkanes of at least 4 members (excludes halogenated alkanes) is 40. The number of amides is 1. The van der Waals surface area contributed by atoms with Gasteiger partial charge >= 0.3 is 5.97 Å². The summed E-state index contributed by atoms with van der Waals surface area (Å²) in [7, 11) is 0. The van der Waals surface area contributed by atoms with Gasteiger partial charge in [0.25, 0.3) is 0 Å². The summed E-state index contributed by atoms with van der Waals surface area (Å²) in [6.45, 7) is 4.95. The molecule has 2 unspecified atom stereocenters. The van der Waals surface area contributed by atoms with Gasteiger partial charge in [-0.3, -0.25) is 9.59 Å². The SMILES string of the molecule is CCCCCCCCCCCCCCCCCC(O)C(CO)NC(=O)CCCCCCCCCCCCCCCCCCOC(=O)CCCCCCCCCCCCCC. The Morgan fingerprint density at radius 1 is 0.400 bits per heavy atom. The summed E-state index contributed by atoms with van der Waals surface area (Å²) in [5.41, 5.74) is 0. The Hall–Kier alpha value is -1.14. The van der Waals surface area contributed by atoms with E-state index in [9.17, 15) is 19.8 Å². The van der Waals surface area contributed by atoms with E-state index >= 15 is 0 Å². The average molecular weight is 850 g/mol. The summed E-state index contributed by atoms with van der Waals surface area (Å²) >= 11 is 0. The zero-order valence-electron chi connectivity index (χ0n) is 40.7. The topological polar surface area (TPSA) is 95.9 Å². The van der Waals surface area contributed by atoms with E-state index in [-0.39, 0.29) is 18.5 Å². The number of aliphatic hydroxyl groups excluding tert-OH is 2. The molecule has 0 aromatic rings. The summed E-state index contributed by atoms with van der Waals surface area (Å²) in [5.74, 6) is -0.0348. The lowest BCUT2D eigenvalue weighted by atomic mass is 10.0. The average Bonchev–Trinajstić information content (AvgIpc) is 3.25. The van der Waals surface area contributed by atoms with Crippen LogP contribution in [-0.2, 0) is 14.3 Å². The minimum absolute atomic E-state index is 0.00459. The van der Waals surface area contributed by atoms with E-state index in [1.54, 1.807) is 0 Å². The van der Waals surface area contributed by atoms with Crippen molar-refractivity contribution in [3.63, 3.8) is 0 Å². The lowest BCUT2D eigenvalue weighted by molar-refractivity contribution is -0.143. The number of ether oxygens (including phenoxy) is 1. The number of esters is 1. The third-order valence-electron chi connectivity index (χ3n) is 12.9. The minimum Gasteiger partial charge on any atom is -0.466 e. The van der Waals surface area contributed by atoms with Crippen molar-refractivity contribution in [1.29, 1.82) is 0 Å². The van der Waals surface area contributed by atoms with Gasteiger partial charge in [0.15, 0.2) is 0 Å². The van der Waals surface area contributed by atoms with Crippen LogP contribution in [0.2, 0.25) is 0 Å². The van der Waals surface area contributed by atoms with Crippen molar-refractivity contribution in [3.05, 3.63) is 0 Å². The molecular formula is C54H107NO5. The molecular weight excluding hydrogens is 743 g/mol. The number of rotatable bonds is 51. The quantitative estimate of drug-likeness (QED) is 0.0418. The third kappa shape index (κ3) is 46.4. The van der Waals surface area contributed by atoms with E-state index in [1.807, 2.05) is 0 Å². The van der Waals surface area contributed by atoms with Crippen molar-refractivity contribution < 1.29 is 24.5 Å². The zero-order valence-corrected chi connectivity index (χ0v) is 40.7. The highest BCUT2D eigenvalue weighted by Crippen LogP contribution is 2.17. The fourth-order valence-corrected chi connectivity index (χ4v) is 8.70. The normalized spacial score (nSPS) is 12.5. The van der Waals surface area contributed by atoms with Crippen molar-refractivity contribution in [2.45, 2.75) is 321 Å². The van der Waals surface area contributed by atoms with Gasteiger partial charge in [-0.2, -0.15) is 0 Å². The second-order valence-electron chi connectivity index (χ2n) is 18.9. The van der Waals surface area contributed by atoms with Crippen LogP contribution in [-0.4, -0.2) is 47.4 Å². The summed E-state index contributed by atoms with van der Waals surface area (Å²) in [6.07, 6.45) is 56.5. The van der Waals surface area contributed by atoms with Crippen molar-refractivity contribution in [2.24, 2.45) is 0 Å². The van der Waals surface area contributed by atoms with E-state index in [1.165, 1.54) is 231 Å². The molecule has 6 heteroatoms. The van der Waals surface area contributed by atoms with Crippen LogP contribution in [0.1, 0.15) is 309 Å². The molecule has 0 rings (SSSR count). The van der Waals surface area contributed by atoms with Gasteiger partial charge < -0.3 is 20.3 Å².